The van der Waals surface area contributed by atoms with E-state index in [1.807, 2.05) is 6.07 Å². The van der Waals surface area contributed by atoms with E-state index in [1.165, 1.54) is 17.4 Å². The molecule has 1 atom stereocenters. The van der Waals surface area contributed by atoms with Gasteiger partial charge in [0, 0.05) is 12.3 Å². The maximum atomic E-state index is 11.1. The molecule has 1 N–H and O–H groups in total. The van der Waals surface area contributed by atoms with Crippen LogP contribution in [0, 0.1) is 0 Å². The van der Waals surface area contributed by atoms with Gasteiger partial charge in [-0.1, -0.05) is 13.0 Å². The van der Waals surface area contributed by atoms with Crippen molar-refractivity contribution in [1.82, 2.24) is 5.32 Å². The number of aryl methyl sites for hydroxylation is 1. The average Bonchev–Trinajstić information content (AvgIpc) is 2.83. The molecule has 118 valence electrons. The zero-order valence-corrected chi connectivity index (χ0v) is 13.7. The van der Waals surface area contributed by atoms with Gasteiger partial charge < -0.3 is 10.1 Å². The summed E-state index contributed by atoms with van der Waals surface area (Å²) >= 11 is 0. The summed E-state index contributed by atoms with van der Waals surface area (Å²) in [5.74, 6) is 1.03. The molecule has 1 aromatic carbocycles. The van der Waals surface area contributed by atoms with E-state index in [4.69, 9.17) is 4.74 Å². The Labute approximate surface area is 127 Å². The number of ether oxygens (including phenoxy) is 1. The van der Waals surface area contributed by atoms with E-state index in [9.17, 15) is 8.42 Å². The lowest BCUT2D eigenvalue weighted by atomic mass is 10.1. The molecule has 2 rings (SSSR count). The number of nitrogens with one attached hydrogen (secondary N) is 1. The molecule has 0 saturated carbocycles. The zero-order valence-electron chi connectivity index (χ0n) is 12.9. The van der Waals surface area contributed by atoms with E-state index in [1.54, 1.807) is 0 Å². The fourth-order valence-corrected chi connectivity index (χ4v) is 3.37. The number of fused-ring (bicyclic) bond motifs is 1. The second kappa shape index (κ2) is 7.27. The minimum Gasteiger partial charge on any atom is -0.494 e. The van der Waals surface area contributed by atoms with Crippen LogP contribution in [0.1, 0.15) is 43.4 Å². The van der Waals surface area contributed by atoms with Crippen molar-refractivity contribution in [2.45, 2.75) is 38.6 Å². The Morgan fingerprint density at radius 2 is 2.19 bits per heavy atom. The lowest BCUT2D eigenvalue weighted by molar-refractivity contribution is 0.317. The van der Waals surface area contributed by atoms with Gasteiger partial charge in [0.2, 0.25) is 0 Å². The third-order valence-electron chi connectivity index (χ3n) is 3.76. The van der Waals surface area contributed by atoms with Crippen LogP contribution in [0.4, 0.5) is 0 Å². The zero-order chi connectivity index (χ0) is 15.3. The summed E-state index contributed by atoms with van der Waals surface area (Å²) in [6.45, 7) is 3.67. The number of benzene rings is 1. The first-order valence-electron chi connectivity index (χ1n) is 7.66. The minimum absolute atomic E-state index is 0.182. The highest BCUT2D eigenvalue weighted by molar-refractivity contribution is 7.90. The van der Waals surface area contributed by atoms with Gasteiger partial charge in [-0.3, -0.25) is 0 Å². The summed E-state index contributed by atoms with van der Waals surface area (Å²) in [6.07, 6.45) is 5.17. The summed E-state index contributed by atoms with van der Waals surface area (Å²) in [4.78, 5) is 0. The van der Waals surface area contributed by atoms with E-state index in [0.717, 1.165) is 31.6 Å². The van der Waals surface area contributed by atoms with Gasteiger partial charge in [-0.2, -0.15) is 0 Å². The quantitative estimate of drug-likeness (QED) is 0.749. The SMILES string of the molecule is CCCNC1CCc2cc(OCCCS(C)(=O)=O)ccc21. The highest BCUT2D eigenvalue weighted by Crippen LogP contribution is 2.33. The predicted molar refractivity (Wildman–Crippen MR) is 85.6 cm³/mol. The smallest absolute Gasteiger partial charge is 0.147 e. The standard InChI is InChI=1S/C16H25NO3S/c1-3-9-17-16-8-5-13-12-14(6-7-15(13)16)20-10-4-11-21(2,18)19/h6-7,12,16-17H,3-5,8-11H2,1-2H3. The molecule has 21 heavy (non-hydrogen) atoms. The fraction of sp³-hybridized carbons (Fsp3) is 0.625. The van der Waals surface area contributed by atoms with E-state index >= 15 is 0 Å². The van der Waals surface area contributed by atoms with Gasteiger partial charge >= 0.3 is 0 Å². The molecular weight excluding hydrogens is 286 g/mol. The maximum Gasteiger partial charge on any atom is 0.147 e. The molecule has 5 heteroatoms. The van der Waals surface area contributed by atoms with Crippen molar-refractivity contribution in [2.75, 3.05) is 25.2 Å². The van der Waals surface area contributed by atoms with Gasteiger partial charge in [-0.05, 0) is 55.5 Å². The van der Waals surface area contributed by atoms with E-state index in [2.05, 4.69) is 24.4 Å². The molecule has 0 saturated heterocycles. The number of hydrogen-bond donors (Lipinski definition) is 1. The maximum absolute atomic E-state index is 11.1. The lowest BCUT2D eigenvalue weighted by Crippen LogP contribution is -2.19. The molecule has 1 unspecified atom stereocenters. The topological polar surface area (TPSA) is 55.4 Å². The number of hydrogen-bond acceptors (Lipinski definition) is 4. The first kappa shape index (κ1) is 16.3. The van der Waals surface area contributed by atoms with Crippen molar-refractivity contribution in [1.29, 1.82) is 0 Å². The highest BCUT2D eigenvalue weighted by Gasteiger charge is 2.21. The fourth-order valence-electron chi connectivity index (χ4n) is 2.73. The van der Waals surface area contributed by atoms with E-state index in [0.29, 0.717) is 19.1 Å². The second-order valence-electron chi connectivity index (χ2n) is 5.74. The largest absolute Gasteiger partial charge is 0.494 e. The number of sulfone groups is 1. The molecule has 4 nitrogen and oxygen atoms in total. The molecule has 0 amide bonds. The molecule has 0 aromatic heterocycles. The molecule has 0 radical (unpaired) electrons. The van der Waals surface area contributed by atoms with Crippen LogP contribution in [-0.4, -0.2) is 33.6 Å². The molecule has 0 bridgehead atoms. The van der Waals surface area contributed by atoms with Crippen LogP contribution in [-0.2, 0) is 16.3 Å². The second-order valence-corrected chi connectivity index (χ2v) is 8.00. The van der Waals surface area contributed by atoms with Gasteiger partial charge in [-0.15, -0.1) is 0 Å². The molecule has 0 heterocycles. The van der Waals surface area contributed by atoms with Gasteiger partial charge in [-0.25, -0.2) is 8.42 Å². The Bertz CT molecular complexity index is 569. The highest BCUT2D eigenvalue weighted by atomic mass is 32.2. The summed E-state index contributed by atoms with van der Waals surface area (Å²) in [5.41, 5.74) is 2.73. The Morgan fingerprint density at radius 3 is 2.90 bits per heavy atom. The van der Waals surface area contributed by atoms with Crippen molar-refractivity contribution in [3.8, 4) is 5.75 Å². The first-order valence-corrected chi connectivity index (χ1v) is 9.72. The molecule has 0 aliphatic heterocycles. The van der Waals surface area contributed by atoms with Gasteiger partial charge in [0.05, 0.1) is 12.4 Å². The van der Waals surface area contributed by atoms with Crippen LogP contribution in [0.5, 0.6) is 5.75 Å². The van der Waals surface area contributed by atoms with E-state index in [-0.39, 0.29) is 5.75 Å². The molecule has 0 fully saturated rings. The van der Waals surface area contributed by atoms with Crippen molar-refractivity contribution >= 4 is 9.84 Å². The van der Waals surface area contributed by atoms with Gasteiger partial charge in [0.1, 0.15) is 15.6 Å². The van der Waals surface area contributed by atoms with Crippen LogP contribution in [0.3, 0.4) is 0 Å². The Kier molecular flexibility index (Phi) is 5.65. The number of rotatable bonds is 8. The predicted octanol–water partition coefficient (Wildman–Crippen LogP) is 2.49. The van der Waals surface area contributed by atoms with Crippen LogP contribution in [0.2, 0.25) is 0 Å². The summed E-state index contributed by atoms with van der Waals surface area (Å²) in [6, 6.07) is 6.70. The summed E-state index contributed by atoms with van der Waals surface area (Å²) < 4.78 is 27.8. The third-order valence-corrected chi connectivity index (χ3v) is 4.79. The minimum atomic E-state index is -2.89. The van der Waals surface area contributed by atoms with Crippen molar-refractivity contribution in [3.63, 3.8) is 0 Å². The monoisotopic (exact) mass is 311 g/mol. The molecule has 1 aliphatic carbocycles. The third kappa shape index (κ3) is 5.00. The van der Waals surface area contributed by atoms with Crippen LogP contribution in [0.15, 0.2) is 18.2 Å². The van der Waals surface area contributed by atoms with Crippen molar-refractivity contribution < 1.29 is 13.2 Å². The van der Waals surface area contributed by atoms with Gasteiger partial charge in [0.25, 0.3) is 0 Å². The summed E-state index contributed by atoms with van der Waals surface area (Å²) in [5, 5.41) is 3.57. The molecule has 0 spiro atoms. The van der Waals surface area contributed by atoms with Crippen molar-refractivity contribution in [3.05, 3.63) is 29.3 Å². The average molecular weight is 311 g/mol. The first-order chi connectivity index (χ1) is 9.99. The Hall–Kier alpha value is -1.07. The van der Waals surface area contributed by atoms with Crippen LogP contribution >= 0.6 is 0 Å². The molecular formula is C16H25NO3S. The molecule has 1 aromatic rings. The Morgan fingerprint density at radius 1 is 1.38 bits per heavy atom. The van der Waals surface area contributed by atoms with E-state index < -0.39 is 9.84 Å². The normalized spacial score (nSPS) is 17.7. The Balaban J connectivity index is 1.87. The van der Waals surface area contributed by atoms with Gasteiger partial charge in [0.15, 0.2) is 0 Å². The summed E-state index contributed by atoms with van der Waals surface area (Å²) in [7, 11) is -2.89. The lowest BCUT2D eigenvalue weighted by Gasteiger charge is -2.14. The van der Waals surface area contributed by atoms with Crippen molar-refractivity contribution in [2.24, 2.45) is 0 Å². The van der Waals surface area contributed by atoms with Crippen LogP contribution < -0.4 is 10.1 Å². The van der Waals surface area contributed by atoms with Crippen LogP contribution in [0.25, 0.3) is 0 Å². The molecule has 1 aliphatic rings.